The smallest absolute Gasteiger partial charge is 0.305 e. The molecule has 136 valence electrons. The monoisotopic (exact) mass is 372 g/mol. The van der Waals surface area contributed by atoms with Crippen LogP contribution >= 0.6 is 0 Å². The first-order valence-corrected chi connectivity index (χ1v) is 9.73. The zero-order valence-electron chi connectivity index (χ0n) is 14.7. The summed E-state index contributed by atoms with van der Waals surface area (Å²) in [6, 6.07) is 13.6. The first-order chi connectivity index (χ1) is 12.4. The second kappa shape index (κ2) is 7.29. The van der Waals surface area contributed by atoms with Gasteiger partial charge in [0.15, 0.2) is 0 Å². The van der Waals surface area contributed by atoms with Crippen molar-refractivity contribution in [3.8, 4) is 0 Å². The lowest BCUT2D eigenvalue weighted by molar-refractivity contribution is -0.140. The van der Waals surface area contributed by atoms with E-state index < -0.39 is 10.0 Å². The fourth-order valence-corrected chi connectivity index (χ4v) is 4.47. The number of rotatable bonds is 6. The van der Waals surface area contributed by atoms with Crippen LogP contribution in [-0.4, -0.2) is 30.5 Å². The summed E-state index contributed by atoms with van der Waals surface area (Å²) < 4.78 is 32.4. The Hall–Kier alpha value is -2.67. The van der Waals surface area contributed by atoms with Gasteiger partial charge in [-0.2, -0.15) is 0 Å². The molecular weight excluding hydrogens is 352 g/mol. The van der Waals surface area contributed by atoms with Crippen LogP contribution in [0, 0.1) is 6.92 Å². The molecule has 3 aromatic rings. The number of hydrogen-bond donors (Lipinski definition) is 0. The molecule has 1 aromatic carbocycles. The van der Waals surface area contributed by atoms with Crippen molar-refractivity contribution < 1.29 is 17.9 Å². The lowest BCUT2D eigenvalue weighted by Crippen LogP contribution is -2.16. The highest BCUT2D eigenvalue weighted by Crippen LogP contribution is 2.26. The standard InChI is InChI=1S/C19H20N2O4S/c1-14-11-12-18-17(20-14)13-15(7-6-10-19(22)25-2)21(18)26(23,24)16-8-4-3-5-9-16/h3-5,8-9,11-13H,6-7,10H2,1-2H3. The minimum atomic E-state index is -3.76. The molecular formula is C19H20N2O4S. The van der Waals surface area contributed by atoms with Crippen molar-refractivity contribution in [2.24, 2.45) is 0 Å². The summed E-state index contributed by atoms with van der Waals surface area (Å²) in [7, 11) is -2.42. The van der Waals surface area contributed by atoms with E-state index in [1.54, 1.807) is 48.5 Å². The third-order valence-corrected chi connectivity index (χ3v) is 5.93. The van der Waals surface area contributed by atoms with Crippen LogP contribution < -0.4 is 0 Å². The quantitative estimate of drug-likeness (QED) is 0.622. The summed E-state index contributed by atoms with van der Waals surface area (Å²) >= 11 is 0. The molecule has 0 N–H and O–H groups in total. The fraction of sp³-hybridized carbons (Fsp3) is 0.263. The Morgan fingerprint density at radius 3 is 2.58 bits per heavy atom. The number of carbonyl (C=O) groups is 1. The molecule has 0 aliphatic carbocycles. The molecule has 2 heterocycles. The van der Waals surface area contributed by atoms with Gasteiger partial charge in [-0.1, -0.05) is 18.2 Å². The maximum Gasteiger partial charge on any atom is 0.305 e. The van der Waals surface area contributed by atoms with E-state index in [1.807, 2.05) is 6.92 Å². The van der Waals surface area contributed by atoms with Gasteiger partial charge in [-0.05, 0) is 50.1 Å². The van der Waals surface area contributed by atoms with Crippen molar-refractivity contribution in [2.45, 2.75) is 31.1 Å². The topological polar surface area (TPSA) is 78.3 Å². The number of aryl methyl sites for hydroxylation is 2. The van der Waals surface area contributed by atoms with Crippen LogP contribution in [-0.2, 0) is 26.0 Å². The highest BCUT2D eigenvalue weighted by atomic mass is 32.2. The third kappa shape index (κ3) is 3.48. The van der Waals surface area contributed by atoms with E-state index in [1.165, 1.54) is 11.1 Å². The van der Waals surface area contributed by atoms with Crippen LogP contribution in [0.4, 0.5) is 0 Å². The number of carbonyl (C=O) groups excluding carboxylic acids is 1. The number of benzene rings is 1. The Bertz CT molecular complexity index is 1040. The molecule has 3 rings (SSSR count). The average Bonchev–Trinajstić information content (AvgIpc) is 3.00. The summed E-state index contributed by atoms with van der Waals surface area (Å²) in [6.45, 7) is 1.86. The molecule has 0 fully saturated rings. The number of nitrogens with zero attached hydrogens (tertiary/aromatic N) is 2. The second-order valence-electron chi connectivity index (χ2n) is 6.00. The second-order valence-corrected chi connectivity index (χ2v) is 7.79. The summed E-state index contributed by atoms with van der Waals surface area (Å²) in [5.74, 6) is -0.312. The number of methoxy groups -OCH3 is 1. The van der Waals surface area contributed by atoms with Crippen LogP contribution in [0.15, 0.2) is 53.4 Å². The van der Waals surface area contributed by atoms with Crippen LogP contribution in [0.3, 0.4) is 0 Å². The molecule has 0 amide bonds. The summed E-state index contributed by atoms with van der Waals surface area (Å²) in [5, 5.41) is 0. The van der Waals surface area contributed by atoms with Gasteiger partial charge in [0.2, 0.25) is 0 Å². The molecule has 0 bridgehead atoms. The van der Waals surface area contributed by atoms with Gasteiger partial charge < -0.3 is 4.74 Å². The first kappa shape index (κ1) is 18.1. The van der Waals surface area contributed by atoms with E-state index in [0.717, 1.165) is 5.69 Å². The first-order valence-electron chi connectivity index (χ1n) is 8.29. The van der Waals surface area contributed by atoms with Gasteiger partial charge in [0, 0.05) is 17.8 Å². The summed E-state index contributed by atoms with van der Waals surface area (Å²) in [6.07, 6.45) is 1.15. The Morgan fingerprint density at radius 1 is 1.15 bits per heavy atom. The zero-order chi connectivity index (χ0) is 18.7. The number of fused-ring (bicyclic) bond motifs is 1. The van der Waals surface area contributed by atoms with Gasteiger partial charge in [0.25, 0.3) is 10.0 Å². The molecule has 26 heavy (non-hydrogen) atoms. The largest absolute Gasteiger partial charge is 0.469 e. The predicted octanol–water partition coefficient (Wildman–Crippen LogP) is 3.08. The van der Waals surface area contributed by atoms with E-state index in [4.69, 9.17) is 0 Å². The minimum Gasteiger partial charge on any atom is -0.469 e. The number of ether oxygens (including phenoxy) is 1. The number of aromatic nitrogens is 2. The van der Waals surface area contributed by atoms with Crippen molar-refractivity contribution in [3.05, 3.63) is 59.9 Å². The Morgan fingerprint density at radius 2 is 1.88 bits per heavy atom. The fourth-order valence-electron chi connectivity index (χ4n) is 2.89. The van der Waals surface area contributed by atoms with Gasteiger partial charge >= 0.3 is 5.97 Å². The van der Waals surface area contributed by atoms with E-state index in [2.05, 4.69) is 9.72 Å². The summed E-state index contributed by atoms with van der Waals surface area (Å²) in [4.78, 5) is 16.0. The highest BCUT2D eigenvalue weighted by Gasteiger charge is 2.23. The number of hydrogen-bond acceptors (Lipinski definition) is 5. The Labute approximate surface area is 152 Å². The predicted molar refractivity (Wildman–Crippen MR) is 98.4 cm³/mol. The molecule has 0 saturated carbocycles. The third-order valence-electron chi connectivity index (χ3n) is 4.15. The van der Waals surface area contributed by atoms with Crippen molar-refractivity contribution in [3.63, 3.8) is 0 Å². The highest BCUT2D eigenvalue weighted by molar-refractivity contribution is 7.90. The van der Waals surface area contributed by atoms with E-state index >= 15 is 0 Å². The van der Waals surface area contributed by atoms with Gasteiger partial charge in [0.1, 0.15) is 0 Å². The van der Waals surface area contributed by atoms with Gasteiger partial charge in [0.05, 0.1) is 23.0 Å². The normalized spacial score (nSPS) is 11.6. The molecule has 0 atom stereocenters. The SMILES string of the molecule is COC(=O)CCCc1cc2nc(C)ccc2n1S(=O)(=O)c1ccccc1. The van der Waals surface area contributed by atoms with Crippen molar-refractivity contribution in [2.75, 3.05) is 7.11 Å². The molecule has 7 heteroatoms. The molecule has 0 aliphatic rings. The molecule has 0 saturated heterocycles. The van der Waals surface area contributed by atoms with Crippen molar-refractivity contribution in [1.82, 2.24) is 8.96 Å². The van der Waals surface area contributed by atoms with E-state index in [0.29, 0.717) is 29.6 Å². The lowest BCUT2D eigenvalue weighted by Gasteiger charge is -2.12. The average molecular weight is 372 g/mol. The summed E-state index contributed by atoms with van der Waals surface area (Å²) in [5.41, 5.74) is 2.57. The van der Waals surface area contributed by atoms with Crippen LogP contribution in [0.25, 0.3) is 11.0 Å². The van der Waals surface area contributed by atoms with E-state index in [9.17, 15) is 13.2 Å². The zero-order valence-corrected chi connectivity index (χ0v) is 15.5. The van der Waals surface area contributed by atoms with Crippen LogP contribution in [0.2, 0.25) is 0 Å². The molecule has 0 radical (unpaired) electrons. The Balaban J connectivity index is 2.09. The molecule has 6 nitrogen and oxygen atoms in total. The molecule has 0 aliphatic heterocycles. The van der Waals surface area contributed by atoms with E-state index in [-0.39, 0.29) is 17.3 Å². The minimum absolute atomic E-state index is 0.215. The number of pyridine rings is 1. The van der Waals surface area contributed by atoms with Crippen LogP contribution in [0.1, 0.15) is 24.2 Å². The maximum absolute atomic E-state index is 13.2. The number of esters is 1. The van der Waals surface area contributed by atoms with Crippen molar-refractivity contribution in [1.29, 1.82) is 0 Å². The molecule has 2 aromatic heterocycles. The van der Waals surface area contributed by atoms with Gasteiger partial charge in [-0.15, -0.1) is 0 Å². The Kier molecular flexibility index (Phi) is 5.08. The lowest BCUT2D eigenvalue weighted by atomic mass is 10.2. The van der Waals surface area contributed by atoms with Gasteiger partial charge in [-0.3, -0.25) is 9.78 Å². The van der Waals surface area contributed by atoms with Gasteiger partial charge in [-0.25, -0.2) is 12.4 Å². The maximum atomic E-state index is 13.2. The molecule has 0 unspecified atom stereocenters. The molecule has 0 spiro atoms. The van der Waals surface area contributed by atoms with Crippen molar-refractivity contribution >= 4 is 27.0 Å². The van der Waals surface area contributed by atoms with Crippen LogP contribution in [0.5, 0.6) is 0 Å².